The van der Waals surface area contributed by atoms with Crippen molar-refractivity contribution in [1.82, 2.24) is 19.8 Å². The number of aromatic nitrogens is 2. The van der Waals surface area contributed by atoms with Crippen LogP contribution in [0.1, 0.15) is 26.4 Å². The molecule has 0 spiro atoms. The maximum absolute atomic E-state index is 13.5. The van der Waals surface area contributed by atoms with Crippen molar-refractivity contribution in [1.29, 1.82) is 0 Å². The van der Waals surface area contributed by atoms with Crippen LogP contribution in [-0.2, 0) is 0 Å². The zero-order valence-electron chi connectivity index (χ0n) is 20.0. The molecule has 1 amide bonds. The molecule has 1 aromatic carbocycles. The van der Waals surface area contributed by atoms with Crippen molar-refractivity contribution in [2.75, 3.05) is 69.2 Å². The van der Waals surface area contributed by atoms with E-state index in [2.05, 4.69) is 70.7 Å². The van der Waals surface area contributed by atoms with E-state index in [1.807, 2.05) is 4.90 Å². The summed E-state index contributed by atoms with van der Waals surface area (Å²) in [5.41, 5.74) is 4.94. The van der Waals surface area contributed by atoms with Gasteiger partial charge in [0.05, 0.1) is 10.3 Å². The summed E-state index contributed by atoms with van der Waals surface area (Å²) in [6.07, 6.45) is 1.64. The van der Waals surface area contributed by atoms with Gasteiger partial charge in [-0.1, -0.05) is 12.1 Å². The van der Waals surface area contributed by atoms with Crippen LogP contribution in [0.15, 0.2) is 24.5 Å². The number of amides is 1. The number of aryl methyl sites for hydroxylation is 2. The summed E-state index contributed by atoms with van der Waals surface area (Å²) in [5, 5.41) is 1.05. The molecular formula is C25H32N6OS. The van der Waals surface area contributed by atoms with Gasteiger partial charge in [0.1, 0.15) is 17.0 Å². The summed E-state index contributed by atoms with van der Waals surface area (Å²) in [6, 6.07) is 6.46. The Morgan fingerprint density at radius 1 is 0.879 bits per heavy atom. The number of rotatable bonds is 3. The molecule has 2 aliphatic heterocycles. The van der Waals surface area contributed by atoms with Gasteiger partial charge in [-0.25, -0.2) is 9.97 Å². The topological polar surface area (TPSA) is 55.8 Å². The number of nitrogens with zero attached hydrogens (tertiary/aromatic N) is 6. The van der Waals surface area contributed by atoms with Crippen molar-refractivity contribution in [2.24, 2.45) is 0 Å². The number of fused-ring (bicyclic) bond motifs is 1. The predicted molar refractivity (Wildman–Crippen MR) is 136 cm³/mol. The summed E-state index contributed by atoms with van der Waals surface area (Å²) >= 11 is 1.51. The van der Waals surface area contributed by atoms with Gasteiger partial charge in [0, 0.05) is 58.0 Å². The Hall–Kier alpha value is -2.71. The van der Waals surface area contributed by atoms with Crippen molar-refractivity contribution >= 4 is 39.0 Å². The van der Waals surface area contributed by atoms with E-state index in [1.54, 1.807) is 6.33 Å². The minimum atomic E-state index is 0.125. The first-order valence-corrected chi connectivity index (χ1v) is 12.5. The average Bonchev–Trinajstić information content (AvgIpc) is 3.18. The Morgan fingerprint density at radius 2 is 1.58 bits per heavy atom. The molecule has 5 rings (SSSR count). The minimum Gasteiger partial charge on any atom is -0.368 e. The van der Waals surface area contributed by atoms with Crippen LogP contribution in [0.5, 0.6) is 0 Å². The van der Waals surface area contributed by atoms with Gasteiger partial charge in [0.25, 0.3) is 5.91 Å². The molecule has 0 radical (unpaired) electrons. The summed E-state index contributed by atoms with van der Waals surface area (Å²) in [4.78, 5) is 33.5. The number of carbonyl (C=O) groups is 1. The van der Waals surface area contributed by atoms with Crippen molar-refractivity contribution in [3.63, 3.8) is 0 Å². The Bertz CT molecular complexity index is 1180. The molecule has 8 heteroatoms. The zero-order valence-corrected chi connectivity index (χ0v) is 20.8. The highest BCUT2D eigenvalue weighted by atomic mass is 32.1. The highest BCUT2D eigenvalue weighted by molar-refractivity contribution is 7.20. The molecule has 2 fully saturated rings. The quantitative estimate of drug-likeness (QED) is 0.593. The second kappa shape index (κ2) is 8.91. The Balaban J connectivity index is 1.36. The first kappa shape index (κ1) is 22.1. The normalized spacial score (nSPS) is 17.8. The van der Waals surface area contributed by atoms with E-state index in [9.17, 15) is 4.79 Å². The molecule has 0 aliphatic carbocycles. The van der Waals surface area contributed by atoms with Crippen molar-refractivity contribution in [3.05, 3.63) is 46.1 Å². The van der Waals surface area contributed by atoms with Gasteiger partial charge in [0.2, 0.25) is 0 Å². The van der Waals surface area contributed by atoms with E-state index in [4.69, 9.17) is 0 Å². The molecule has 7 nitrogen and oxygen atoms in total. The smallest absolute Gasteiger partial charge is 0.264 e. The Kier molecular flexibility index (Phi) is 5.97. The van der Waals surface area contributed by atoms with E-state index in [1.165, 1.54) is 28.2 Å². The van der Waals surface area contributed by atoms with Gasteiger partial charge < -0.3 is 19.6 Å². The van der Waals surface area contributed by atoms with E-state index < -0.39 is 0 Å². The summed E-state index contributed by atoms with van der Waals surface area (Å²) < 4.78 is 0. The summed E-state index contributed by atoms with van der Waals surface area (Å²) in [5.74, 6) is 1.10. The number of likely N-dealkylation sites (N-methyl/N-ethyl adjacent to an activating group) is 1. The monoisotopic (exact) mass is 464 g/mol. The molecule has 0 saturated carbocycles. The number of carbonyl (C=O) groups excluding carboxylic acids is 1. The average molecular weight is 465 g/mol. The molecule has 2 aromatic heterocycles. The van der Waals surface area contributed by atoms with E-state index in [0.717, 1.165) is 78.8 Å². The molecular weight excluding hydrogens is 432 g/mol. The van der Waals surface area contributed by atoms with Gasteiger partial charge >= 0.3 is 0 Å². The Labute approximate surface area is 199 Å². The van der Waals surface area contributed by atoms with Crippen molar-refractivity contribution in [3.8, 4) is 0 Å². The Morgan fingerprint density at radius 3 is 2.30 bits per heavy atom. The van der Waals surface area contributed by atoms with Crippen LogP contribution in [0.4, 0.5) is 11.5 Å². The predicted octanol–water partition coefficient (Wildman–Crippen LogP) is 3.33. The SMILES string of the molecule is Cc1cccc(N2CCN(C(=O)c3sc4ncnc(N5CCN(C)CC5)c4c3C)CC2)c1C. The number of benzene rings is 1. The first-order chi connectivity index (χ1) is 15.9. The maximum atomic E-state index is 13.5. The maximum Gasteiger partial charge on any atom is 0.264 e. The zero-order chi connectivity index (χ0) is 23.1. The third-order valence-electron chi connectivity index (χ3n) is 7.19. The lowest BCUT2D eigenvalue weighted by atomic mass is 10.1. The number of piperazine rings is 2. The molecule has 0 N–H and O–H groups in total. The molecule has 2 saturated heterocycles. The molecule has 0 bridgehead atoms. The van der Waals surface area contributed by atoms with Crippen LogP contribution < -0.4 is 9.80 Å². The molecule has 174 valence electrons. The first-order valence-electron chi connectivity index (χ1n) is 11.7. The van der Waals surface area contributed by atoms with Crippen LogP contribution >= 0.6 is 11.3 Å². The third kappa shape index (κ3) is 4.06. The largest absolute Gasteiger partial charge is 0.368 e. The van der Waals surface area contributed by atoms with Gasteiger partial charge in [-0.15, -0.1) is 11.3 Å². The van der Waals surface area contributed by atoms with Crippen LogP contribution in [0.3, 0.4) is 0 Å². The number of hydrogen-bond acceptors (Lipinski definition) is 7. The van der Waals surface area contributed by atoms with Gasteiger partial charge in [-0.3, -0.25) is 4.79 Å². The van der Waals surface area contributed by atoms with Gasteiger partial charge in [-0.2, -0.15) is 0 Å². The summed E-state index contributed by atoms with van der Waals surface area (Å²) in [7, 11) is 2.15. The van der Waals surface area contributed by atoms with E-state index in [0.29, 0.717) is 0 Å². The molecule has 3 aromatic rings. The fraction of sp³-hybridized carbons (Fsp3) is 0.480. The number of hydrogen-bond donors (Lipinski definition) is 0. The third-order valence-corrected chi connectivity index (χ3v) is 8.38. The number of anilines is 2. The minimum absolute atomic E-state index is 0.125. The second-order valence-corrected chi connectivity index (χ2v) is 10.2. The molecule has 33 heavy (non-hydrogen) atoms. The van der Waals surface area contributed by atoms with Crippen molar-refractivity contribution in [2.45, 2.75) is 20.8 Å². The number of thiophene rings is 1. The molecule has 0 atom stereocenters. The summed E-state index contributed by atoms with van der Waals surface area (Å²) in [6.45, 7) is 13.5. The molecule has 4 heterocycles. The fourth-order valence-corrected chi connectivity index (χ4v) is 6.00. The lowest BCUT2D eigenvalue weighted by Gasteiger charge is -2.37. The van der Waals surface area contributed by atoms with Crippen LogP contribution in [0.2, 0.25) is 0 Å². The van der Waals surface area contributed by atoms with E-state index in [-0.39, 0.29) is 5.91 Å². The van der Waals surface area contributed by atoms with E-state index >= 15 is 0 Å². The van der Waals surface area contributed by atoms with Gasteiger partial charge in [0.15, 0.2) is 0 Å². The van der Waals surface area contributed by atoms with Crippen LogP contribution in [-0.4, -0.2) is 85.1 Å². The van der Waals surface area contributed by atoms with Crippen molar-refractivity contribution < 1.29 is 4.79 Å². The van der Waals surface area contributed by atoms with Crippen LogP contribution in [0, 0.1) is 20.8 Å². The highest BCUT2D eigenvalue weighted by Crippen LogP contribution is 2.36. The second-order valence-electron chi connectivity index (χ2n) is 9.22. The molecule has 0 unspecified atom stereocenters. The van der Waals surface area contributed by atoms with Gasteiger partial charge in [-0.05, 0) is 50.6 Å². The fourth-order valence-electron chi connectivity index (χ4n) is 4.89. The highest BCUT2D eigenvalue weighted by Gasteiger charge is 2.28. The lowest BCUT2D eigenvalue weighted by molar-refractivity contribution is 0.0751. The van der Waals surface area contributed by atoms with Crippen LogP contribution in [0.25, 0.3) is 10.2 Å². The standard InChI is InChI=1S/C25H32N6OS/c1-17-6-5-7-20(18(17)2)29-12-14-31(15-13-29)25(32)22-19(3)21-23(26-16-27-24(21)33-22)30-10-8-28(4)9-11-30/h5-7,16H,8-15H2,1-4H3. The lowest BCUT2D eigenvalue weighted by Crippen LogP contribution is -2.49. The molecule has 2 aliphatic rings.